The largest absolute Gasteiger partial charge is 0.361 e. The number of nitrogens with zero attached hydrogens (tertiary/aromatic N) is 2. The van der Waals surface area contributed by atoms with Crippen LogP contribution >= 0.6 is 11.8 Å². The molecular weight excluding hydrogens is 230 g/mol. The van der Waals surface area contributed by atoms with Crippen LogP contribution in [0.4, 0.5) is 0 Å². The molecule has 0 aliphatic carbocycles. The van der Waals surface area contributed by atoms with Gasteiger partial charge in [-0.2, -0.15) is 0 Å². The summed E-state index contributed by atoms with van der Waals surface area (Å²) in [4.78, 5) is 6.89. The Morgan fingerprint density at radius 2 is 2.06 bits per heavy atom. The van der Waals surface area contributed by atoms with E-state index >= 15 is 0 Å². The molecule has 4 heteroatoms. The van der Waals surface area contributed by atoms with Crippen LogP contribution in [0.3, 0.4) is 0 Å². The molecule has 0 fully saturated rings. The van der Waals surface area contributed by atoms with E-state index in [9.17, 15) is 0 Å². The molecule has 1 atom stereocenters. The van der Waals surface area contributed by atoms with Gasteiger partial charge in [0.1, 0.15) is 0 Å². The number of rotatable bonds is 4. The van der Waals surface area contributed by atoms with Crippen molar-refractivity contribution in [2.75, 3.05) is 32.9 Å². The molecule has 1 aliphatic rings. The third kappa shape index (κ3) is 5.30. The summed E-state index contributed by atoms with van der Waals surface area (Å²) in [5.41, 5.74) is 0.352. The number of aliphatic imine (C=N–C) groups is 1. The van der Waals surface area contributed by atoms with E-state index in [0.29, 0.717) is 17.4 Å². The molecule has 3 nitrogen and oxygen atoms in total. The van der Waals surface area contributed by atoms with E-state index in [0.717, 1.165) is 24.0 Å². The van der Waals surface area contributed by atoms with Crippen LogP contribution in [-0.2, 0) is 0 Å². The number of nitrogens with one attached hydrogen (secondary N) is 1. The fraction of sp³-hybridized carbons (Fsp3) is 0.923. The molecular formula is C13H27N3S. The lowest BCUT2D eigenvalue weighted by Crippen LogP contribution is -2.45. The highest BCUT2D eigenvalue weighted by Gasteiger charge is 2.25. The maximum Gasteiger partial charge on any atom is 0.156 e. The van der Waals surface area contributed by atoms with E-state index in [4.69, 9.17) is 0 Å². The highest BCUT2D eigenvalue weighted by atomic mass is 32.2. The zero-order valence-corrected chi connectivity index (χ0v) is 12.9. The van der Waals surface area contributed by atoms with Crippen LogP contribution < -0.4 is 5.32 Å². The fourth-order valence-electron chi connectivity index (χ4n) is 1.70. The van der Waals surface area contributed by atoms with Gasteiger partial charge in [-0.1, -0.05) is 39.5 Å². The smallest absolute Gasteiger partial charge is 0.156 e. The van der Waals surface area contributed by atoms with Crippen molar-refractivity contribution in [3.05, 3.63) is 0 Å². The number of hydrogen-bond acceptors (Lipinski definition) is 4. The first-order valence-corrected chi connectivity index (χ1v) is 7.37. The predicted molar refractivity (Wildman–Crippen MR) is 78.9 cm³/mol. The van der Waals surface area contributed by atoms with Crippen molar-refractivity contribution in [2.24, 2.45) is 16.3 Å². The Morgan fingerprint density at radius 1 is 1.41 bits per heavy atom. The van der Waals surface area contributed by atoms with Crippen molar-refractivity contribution < 1.29 is 0 Å². The van der Waals surface area contributed by atoms with Crippen LogP contribution in [-0.4, -0.2) is 49.0 Å². The fourth-order valence-corrected chi connectivity index (χ4v) is 2.71. The first kappa shape index (κ1) is 14.8. The molecule has 0 bridgehead atoms. The van der Waals surface area contributed by atoms with E-state index in [-0.39, 0.29) is 0 Å². The van der Waals surface area contributed by atoms with Crippen molar-refractivity contribution >= 4 is 16.9 Å². The zero-order valence-electron chi connectivity index (χ0n) is 12.1. The van der Waals surface area contributed by atoms with Gasteiger partial charge in [-0.3, -0.25) is 4.99 Å². The molecule has 0 amide bonds. The summed E-state index contributed by atoms with van der Waals surface area (Å²) >= 11 is 1.86. The van der Waals surface area contributed by atoms with E-state index in [1.165, 1.54) is 0 Å². The van der Waals surface area contributed by atoms with Crippen LogP contribution in [0.15, 0.2) is 4.99 Å². The maximum absolute atomic E-state index is 4.66. The van der Waals surface area contributed by atoms with Gasteiger partial charge in [0.2, 0.25) is 0 Å². The molecule has 0 radical (unpaired) electrons. The number of amidine groups is 1. The third-order valence-corrected chi connectivity index (χ3v) is 4.37. The van der Waals surface area contributed by atoms with Crippen LogP contribution in [0.5, 0.6) is 0 Å². The Bertz CT molecular complexity index is 272. The number of thioether (sulfide) groups is 1. The zero-order chi connectivity index (χ0) is 13.1. The Labute approximate surface area is 110 Å². The molecule has 1 heterocycles. The summed E-state index contributed by atoms with van der Waals surface area (Å²) in [7, 11) is 4.24. The van der Waals surface area contributed by atoms with Gasteiger partial charge in [-0.15, -0.1) is 0 Å². The van der Waals surface area contributed by atoms with Crippen LogP contribution in [0.2, 0.25) is 0 Å². The first-order chi connectivity index (χ1) is 7.80. The SMILES string of the molecule is CC(C)C(CN(C)C)NC1=NCC(C)(C)CS1. The van der Waals surface area contributed by atoms with Gasteiger partial charge in [0, 0.05) is 24.9 Å². The third-order valence-electron chi connectivity index (χ3n) is 2.93. The second-order valence-electron chi connectivity index (χ2n) is 6.33. The minimum absolute atomic E-state index is 0.352. The quantitative estimate of drug-likeness (QED) is 0.837. The molecule has 1 rings (SSSR count). The van der Waals surface area contributed by atoms with Crippen molar-refractivity contribution in [2.45, 2.75) is 33.7 Å². The average Bonchev–Trinajstić information content (AvgIpc) is 2.19. The Balaban J connectivity index is 2.54. The Morgan fingerprint density at radius 3 is 2.47 bits per heavy atom. The maximum atomic E-state index is 4.66. The van der Waals surface area contributed by atoms with Crippen molar-refractivity contribution in [3.63, 3.8) is 0 Å². The van der Waals surface area contributed by atoms with Crippen LogP contribution in [0.1, 0.15) is 27.7 Å². The van der Waals surface area contributed by atoms with Crippen LogP contribution in [0.25, 0.3) is 0 Å². The molecule has 0 aromatic heterocycles. The summed E-state index contributed by atoms with van der Waals surface area (Å²) in [6, 6.07) is 0.484. The molecule has 0 spiro atoms. The highest BCUT2D eigenvalue weighted by Crippen LogP contribution is 2.27. The molecule has 1 unspecified atom stereocenters. The molecule has 17 heavy (non-hydrogen) atoms. The molecule has 1 aliphatic heterocycles. The van der Waals surface area contributed by atoms with E-state index in [1.54, 1.807) is 0 Å². The van der Waals surface area contributed by atoms with E-state index < -0.39 is 0 Å². The topological polar surface area (TPSA) is 27.6 Å². The Hall–Kier alpha value is -0.220. The van der Waals surface area contributed by atoms with E-state index in [1.807, 2.05) is 11.8 Å². The van der Waals surface area contributed by atoms with Gasteiger partial charge in [0.05, 0.1) is 0 Å². The van der Waals surface area contributed by atoms with Gasteiger partial charge in [0.15, 0.2) is 5.17 Å². The number of likely N-dealkylation sites (N-methyl/N-ethyl adjacent to an activating group) is 1. The molecule has 0 saturated heterocycles. The normalized spacial score (nSPS) is 21.5. The van der Waals surface area contributed by atoms with Crippen molar-refractivity contribution in [1.82, 2.24) is 10.2 Å². The predicted octanol–water partition coefficient (Wildman–Crippen LogP) is 2.29. The second kappa shape index (κ2) is 6.10. The molecule has 0 saturated carbocycles. The van der Waals surface area contributed by atoms with Gasteiger partial charge in [0.25, 0.3) is 0 Å². The number of hydrogen-bond donors (Lipinski definition) is 1. The van der Waals surface area contributed by atoms with Gasteiger partial charge >= 0.3 is 0 Å². The minimum atomic E-state index is 0.352. The molecule has 0 aromatic rings. The van der Waals surface area contributed by atoms with Crippen molar-refractivity contribution in [1.29, 1.82) is 0 Å². The summed E-state index contributed by atoms with van der Waals surface area (Å²) < 4.78 is 0. The van der Waals surface area contributed by atoms with Gasteiger partial charge < -0.3 is 10.2 Å². The van der Waals surface area contributed by atoms with Crippen LogP contribution in [0, 0.1) is 11.3 Å². The monoisotopic (exact) mass is 257 g/mol. The summed E-state index contributed by atoms with van der Waals surface area (Å²) in [6.45, 7) is 11.1. The molecule has 0 aromatic carbocycles. The van der Waals surface area contributed by atoms with Crippen molar-refractivity contribution in [3.8, 4) is 0 Å². The lowest BCUT2D eigenvalue weighted by atomic mass is 9.97. The highest BCUT2D eigenvalue weighted by molar-refractivity contribution is 8.13. The van der Waals surface area contributed by atoms with E-state index in [2.05, 4.69) is 57.0 Å². The van der Waals surface area contributed by atoms with Gasteiger partial charge in [-0.05, 0) is 25.4 Å². The molecule has 100 valence electrons. The summed E-state index contributed by atoms with van der Waals surface area (Å²) in [5, 5.41) is 4.73. The lowest BCUT2D eigenvalue weighted by Gasteiger charge is -2.31. The lowest BCUT2D eigenvalue weighted by molar-refractivity contribution is 0.313. The standard InChI is InChI=1S/C13H27N3S/c1-10(2)11(7-16(5)6)15-12-14-8-13(3,4)9-17-12/h10-11H,7-9H2,1-6H3,(H,14,15). The first-order valence-electron chi connectivity index (χ1n) is 6.39. The summed E-state index contributed by atoms with van der Waals surface area (Å²) in [6.07, 6.45) is 0. The minimum Gasteiger partial charge on any atom is -0.361 e. The second-order valence-corrected chi connectivity index (χ2v) is 7.30. The molecule has 1 N–H and O–H groups in total. The summed E-state index contributed by atoms with van der Waals surface area (Å²) in [5.74, 6) is 1.78. The average molecular weight is 257 g/mol. The van der Waals surface area contributed by atoms with Gasteiger partial charge in [-0.25, -0.2) is 0 Å². The Kier molecular flexibility index (Phi) is 5.32.